The first kappa shape index (κ1) is 32.1. The summed E-state index contributed by atoms with van der Waals surface area (Å²) in [6.45, 7) is 6.69. The lowest BCUT2D eigenvalue weighted by atomic mass is 9.86. The minimum Gasteiger partial charge on any atom is -0.441 e. The molecule has 1 saturated heterocycles. The Bertz CT molecular complexity index is 1560. The van der Waals surface area contributed by atoms with E-state index in [1.807, 2.05) is 30.3 Å². The summed E-state index contributed by atoms with van der Waals surface area (Å²) in [7, 11) is -3.91. The quantitative estimate of drug-likeness (QED) is 0.287. The maximum absolute atomic E-state index is 13.6. The van der Waals surface area contributed by atoms with E-state index in [-0.39, 0.29) is 35.3 Å². The number of nitrogens with zero attached hydrogens (tertiary/aromatic N) is 1. The first-order valence-corrected chi connectivity index (χ1v) is 17.2. The monoisotopic (exact) mass is 640 g/mol. The normalized spacial score (nSPS) is 19.2. The molecule has 0 atom stereocenters. The van der Waals surface area contributed by atoms with Crippen molar-refractivity contribution in [3.8, 4) is 10.4 Å². The number of hydrogen-bond donors (Lipinski definition) is 3. The number of alkyl carbamates (subject to hydrolysis) is 1. The molecular weight excluding hydrogens is 601 g/mol. The lowest BCUT2D eigenvalue weighted by Crippen LogP contribution is -2.44. The number of ether oxygens (including phenoxy) is 2. The standard InChI is InChI=1S/C32H40N4O6S2/c1-32(2,3)36-44(39,40)28-15-22(16-29(37)33-17-21-7-5-4-6-8-21)9-14-26(28)27-18-34-30(43-27)23-10-12-24(13-11-23)35-31(38)42-25-19-41-20-25/h4-9,14-15,18,23-25,36H,10-13,16-17,19-20H2,1-3H3,(H,33,37)(H,35,38)/t23-,24-. The van der Waals surface area contributed by atoms with Gasteiger partial charge in [0.2, 0.25) is 15.9 Å². The molecule has 3 aromatic rings. The van der Waals surface area contributed by atoms with E-state index < -0.39 is 21.7 Å². The minimum atomic E-state index is -3.91. The Morgan fingerprint density at radius 3 is 2.41 bits per heavy atom. The van der Waals surface area contributed by atoms with Crippen LogP contribution in [-0.2, 0) is 37.3 Å². The molecule has 44 heavy (non-hydrogen) atoms. The predicted octanol–water partition coefficient (Wildman–Crippen LogP) is 4.90. The molecule has 236 valence electrons. The van der Waals surface area contributed by atoms with Crippen LogP contribution in [0.3, 0.4) is 0 Å². The smallest absolute Gasteiger partial charge is 0.407 e. The van der Waals surface area contributed by atoms with E-state index in [0.717, 1.165) is 41.1 Å². The molecule has 2 fully saturated rings. The summed E-state index contributed by atoms with van der Waals surface area (Å²) in [5, 5.41) is 6.82. The largest absolute Gasteiger partial charge is 0.441 e. The van der Waals surface area contributed by atoms with Crippen molar-refractivity contribution in [1.29, 1.82) is 0 Å². The second kappa shape index (κ2) is 13.8. The van der Waals surface area contributed by atoms with Crippen LogP contribution in [0.4, 0.5) is 4.79 Å². The Labute approximate surface area is 263 Å². The fraction of sp³-hybridized carbons (Fsp3) is 0.469. The predicted molar refractivity (Wildman–Crippen MR) is 169 cm³/mol. The van der Waals surface area contributed by atoms with Crippen molar-refractivity contribution in [3.63, 3.8) is 0 Å². The number of thiazole rings is 1. The fourth-order valence-electron chi connectivity index (χ4n) is 5.32. The number of rotatable bonds is 10. The van der Waals surface area contributed by atoms with Gasteiger partial charge < -0.3 is 20.1 Å². The molecule has 0 spiro atoms. The molecule has 0 bridgehead atoms. The average Bonchev–Trinajstić information content (AvgIpc) is 3.44. The molecule has 2 aliphatic rings. The fourth-order valence-corrected chi connectivity index (χ4v) is 8.21. The number of sulfonamides is 1. The number of carbonyl (C=O) groups is 2. The Kier molecular flexibility index (Phi) is 10.0. The van der Waals surface area contributed by atoms with E-state index in [4.69, 9.17) is 14.5 Å². The summed E-state index contributed by atoms with van der Waals surface area (Å²) in [4.78, 5) is 30.4. The van der Waals surface area contributed by atoms with Gasteiger partial charge in [-0.3, -0.25) is 4.79 Å². The van der Waals surface area contributed by atoms with Crippen molar-refractivity contribution >= 4 is 33.4 Å². The van der Waals surface area contributed by atoms with Gasteiger partial charge in [-0.1, -0.05) is 42.5 Å². The maximum Gasteiger partial charge on any atom is 0.407 e. The van der Waals surface area contributed by atoms with Crippen molar-refractivity contribution in [2.45, 2.75) is 87.9 Å². The molecule has 12 heteroatoms. The van der Waals surface area contributed by atoms with E-state index in [9.17, 15) is 18.0 Å². The third-order valence-corrected chi connectivity index (χ3v) is 10.5. The maximum atomic E-state index is 13.6. The number of hydrogen-bond acceptors (Lipinski definition) is 8. The summed E-state index contributed by atoms with van der Waals surface area (Å²) in [6.07, 6.45) is 4.58. The number of carbonyl (C=O) groups excluding carboxylic acids is 2. The molecule has 1 saturated carbocycles. The van der Waals surface area contributed by atoms with Crippen LogP contribution in [-0.4, -0.2) is 56.3 Å². The second-order valence-corrected chi connectivity index (χ2v) is 15.2. The highest BCUT2D eigenvalue weighted by Gasteiger charge is 2.30. The summed E-state index contributed by atoms with van der Waals surface area (Å²) in [5.41, 5.74) is 1.45. The molecule has 2 heterocycles. The molecular formula is C32H40N4O6S2. The van der Waals surface area contributed by atoms with E-state index >= 15 is 0 Å². The van der Waals surface area contributed by atoms with E-state index in [1.165, 1.54) is 11.3 Å². The van der Waals surface area contributed by atoms with Gasteiger partial charge >= 0.3 is 6.09 Å². The summed E-state index contributed by atoms with van der Waals surface area (Å²) < 4.78 is 40.4. The highest BCUT2D eigenvalue weighted by molar-refractivity contribution is 7.89. The Hall–Kier alpha value is -3.32. The van der Waals surface area contributed by atoms with Gasteiger partial charge in [0.15, 0.2) is 6.10 Å². The number of amides is 2. The molecule has 0 radical (unpaired) electrons. The molecule has 10 nitrogen and oxygen atoms in total. The molecule has 2 aromatic carbocycles. The summed E-state index contributed by atoms with van der Waals surface area (Å²) in [5.74, 6) is 0.0346. The van der Waals surface area contributed by atoms with Crippen LogP contribution in [0.1, 0.15) is 68.5 Å². The van der Waals surface area contributed by atoms with Crippen LogP contribution in [0.25, 0.3) is 10.4 Å². The van der Waals surface area contributed by atoms with Gasteiger partial charge in [-0.25, -0.2) is 22.9 Å². The van der Waals surface area contributed by atoms with Gasteiger partial charge in [0, 0.05) is 35.8 Å². The van der Waals surface area contributed by atoms with Crippen LogP contribution >= 0.6 is 11.3 Å². The average molecular weight is 641 g/mol. The molecule has 3 N–H and O–H groups in total. The van der Waals surface area contributed by atoms with Crippen molar-refractivity contribution in [2.24, 2.45) is 0 Å². The summed E-state index contributed by atoms with van der Waals surface area (Å²) in [6, 6.07) is 14.8. The molecule has 0 unspecified atom stereocenters. The van der Waals surface area contributed by atoms with E-state index in [1.54, 1.807) is 45.2 Å². The van der Waals surface area contributed by atoms with Crippen molar-refractivity contribution in [1.82, 2.24) is 20.3 Å². The number of nitrogens with one attached hydrogen (secondary N) is 3. The topological polar surface area (TPSA) is 136 Å². The van der Waals surface area contributed by atoms with Crippen LogP contribution in [0.5, 0.6) is 0 Å². The molecule has 1 aliphatic carbocycles. The van der Waals surface area contributed by atoms with E-state index in [0.29, 0.717) is 30.9 Å². The lowest BCUT2D eigenvalue weighted by Gasteiger charge is -2.30. The van der Waals surface area contributed by atoms with Crippen LogP contribution < -0.4 is 15.4 Å². The number of aromatic nitrogens is 1. The highest BCUT2D eigenvalue weighted by atomic mass is 32.2. The first-order valence-electron chi connectivity index (χ1n) is 14.9. The van der Waals surface area contributed by atoms with Crippen LogP contribution in [0.15, 0.2) is 59.6 Å². The number of benzene rings is 2. The van der Waals surface area contributed by atoms with Gasteiger partial charge in [-0.05, 0) is 63.6 Å². The van der Waals surface area contributed by atoms with Gasteiger partial charge in [0.1, 0.15) is 0 Å². The lowest BCUT2D eigenvalue weighted by molar-refractivity contribution is -0.120. The molecule has 1 aliphatic heterocycles. The zero-order valence-electron chi connectivity index (χ0n) is 25.3. The third kappa shape index (κ3) is 8.65. The van der Waals surface area contributed by atoms with Crippen LogP contribution in [0.2, 0.25) is 0 Å². The molecule has 2 amide bonds. The first-order chi connectivity index (χ1) is 20.9. The Morgan fingerprint density at radius 2 is 1.75 bits per heavy atom. The zero-order chi connectivity index (χ0) is 31.3. The van der Waals surface area contributed by atoms with Gasteiger partial charge in [0.25, 0.3) is 0 Å². The highest BCUT2D eigenvalue weighted by Crippen LogP contribution is 2.39. The van der Waals surface area contributed by atoms with Crippen molar-refractivity contribution in [2.75, 3.05) is 13.2 Å². The zero-order valence-corrected chi connectivity index (χ0v) is 26.9. The van der Waals surface area contributed by atoms with Crippen molar-refractivity contribution < 1.29 is 27.5 Å². The Balaban J connectivity index is 1.28. The Morgan fingerprint density at radius 1 is 1.02 bits per heavy atom. The van der Waals surface area contributed by atoms with Crippen LogP contribution in [0, 0.1) is 0 Å². The minimum absolute atomic E-state index is 0.0526. The van der Waals surface area contributed by atoms with Gasteiger partial charge in [-0.2, -0.15) is 0 Å². The van der Waals surface area contributed by atoms with Crippen molar-refractivity contribution in [3.05, 3.63) is 70.9 Å². The summed E-state index contributed by atoms with van der Waals surface area (Å²) >= 11 is 1.49. The van der Waals surface area contributed by atoms with Gasteiger partial charge in [0.05, 0.1) is 34.4 Å². The van der Waals surface area contributed by atoms with E-state index in [2.05, 4.69) is 15.4 Å². The third-order valence-electron chi connectivity index (χ3n) is 7.54. The van der Waals surface area contributed by atoms with Gasteiger partial charge in [-0.15, -0.1) is 11.3 Å². The second-order valence-electron chi connectivity index (χ2n) is 12.4. The SMILES string of the molecule is CC(C)(C)NS(=O)(=O)c1cc(CC(=O)NCc2ccccc2)ccc1-c1cnc([C@H]2CC[C@H](NC(=O)OC3COC3)CC2)s1. The molecule has 5 rings (SSSR count). The molecule has 1 aromatic heterocycles.